The van der Waals surface area contributed by atoms with E-state index in [1.54, 1.807) is 4.31 Å². The van der Waals surface area contributed by atoms with Gasteiger partial charge in [0.25, 0.3) is 10.2 Å². The van der Waals surface area contributed by atoms with E-state index in [4.69, 9.17) is 0 Å². The predicted molar refractivity (Wildman–Crippen MR) is 74.6 cm³/mol. The van der Waals surface area contributed by atoms with E-state index >= 15 is 0 Å². The summed E-state index contributed by atoms with van der Waals surface area (Å²) < 4.78 is 28.5. The van der Waals surface area contributed by atoms with Gasteiger partial charge >= 0.3 is 0 Å². The summed E-state index contributed by atoms with van der Waals surface area (Å²) in [4.78, 5) is 0. The quantitative estimate of drug-likeness (QED) is 0.759. The van der Waals surface area contributed by atoms with E-state index in [1.807, 2.05) is 13.8 Å². The van der Waals surface area contributed by atoms with Crippen LogP contribution in [0, 0.1) is 5.92 Å². The SMILES string of the molecule is CCNC1CCN(S(=O)(=O)NC(C)C)CC1CC. The van der Waals surface area contributed by atoms with Crippen LogP contribution in [0.2, 0.25) is 0 Å². The number of nitrogens with zero attached hydrogens (tertiary/aromatic N) is 1. The normalized spacial score (nSPS) is 26.7. The molecule has 0 saturated carbocycles. The maximum Gasteiger partial charge on any atom is 0.279 e. The second-order valence-corrected chi connectivity index (χ2v) is 6.96. The highest BCUT2D eigenvalue weighted by Crippen LogP contribution is 2.22. The van der Waals surface area contributed by atoms with Crippen LogP contribution in [0.4, 0.5) is 0 Å². The summed E-state index contributed by atoms with van der Waals surface area (Å²) in [6, 6.07) is 0.395. The molecule has 108 valence electrons. The zero-order chi connectivity index (χ0) is 13.8. The standard InChI is InChI=1S/C12H27N3O2S/c1-5-11-9-15(8-7-12(11)13-6-2)18(16,17)14-10(3)4/h10-14H,5-9H2,1-4H3. The van der Waals surface area contributed by atoms with Crippen LogP contribution in [0.1, 0.15) is 40.5 Å². The zero-order valence-corrected chi connectivity index (χ0v) is 12.8. The molecule has 2 N–H and O–H groups in total. The second kappa shape index (κ2) is 6.84. The van der Waals surface area contributed by atoms with Crippen LogP contribution in [0.25, 0.3) is 0 Å². The second-order valence-electron chi connectivity index (χ2n) is 5.26. The average Bonchev–Trinajstić information content (AvgIpc) is 2.28. The van der Waals surface area contributed by atoms with Crippen molar-refractivity contribution in [3.05, 3.63) is 0 Å². The topological polar surface area (TPSA) is 61.4 Å². The van der Waals surface area contributed by atoms with Crippen molar-refractivity contribution in [2.45, 2.75) is 52.6 Å². The molecule has 1 aliphatic rings. The molecule has 18 heavy (non-hydrogen) atoms. The fourth-order valence-electron chi connectivity index (χ4n) is 2.53. The highest BCUT2D eigenvalue weighted by atomic mass is 32.2. The van der Waals surface area contributed by atoms with Crippen LogP contribution >= 0.6 is 0 Å². The Labute approximate surface area is 112 Å². The van der Waals surface area contributed by atoms with Gasteiger partial charge in [-0.05, 0) is 32.7 Å². The molecule has 0 spiro atoms. The first-order valence-electron chi connectivity index (χ1n) is 6.91. The fourth-order valence-corrected chi connectivity index (χ4v) is 4.01. The molecule has 0 radical (unpaired) electrons. The summed E-state index contributed by atoms with van der Waals surface area (Å²) in [5.74, 6) is 0.405. The van der Waals surface area contributed by atoms with E-state index in [-0.39, 0.29) is 6.04 Å². The van der Waals surface area contributed by atoms with Crippen LogP contribution < -0.4 is 10.0 Å². The number of nitrogens with one attached hydrogen (secondary N) is 2. The lowest BCUT2D eigenvalue weighted by atomic mass is 9.91. The van der Waals surface area contributed by atoms with E-state index in [9.17, 15) is 8.42 Å². The minimum absolute atomic E-state index is 0.0541. The Balaban J connectivity index is 2.67. The first-order chi connectivity index (χ1) is 8.40. The van der Waals surface area contributed by atoms with Gasteiger partial charge in [0.15, 0.2) is 0 Å². The first-order valence-corrected chi connectivity index (χ1v) is 8.35. The van der Waals surface area contributed by atoms with Crippen LogP contribution in [-0.2, 0) is 10.2 Å². The molecule has 0 amide bonds. The Morgan fingerprint density at radius 2 is 2.00 bits per heavy atom. The van der Waals surface area contributed by atoms with Gasteiger partial charge in [-0.25, -0.2) is 0 Å². The van der Waals surface area contributed by atoms with Gasteiger partial charge in [0.1, 0.15) is 0 Å². The van der Waals surface area contributed by atoms with Gasteiger partial charge in [-0.1, -0.05) is 20.3 Å². The first kappa shape index (κ1) is 15.9. The van der Waals surface area contributed by atoms with Crippen molar-refractivity contribution in [3.63, 3.8) is 0 Å². The van der Waals surface area contributed by atoms with Crippen molar-refractivity contribution in [3.8, 4) is 0 Å². The molecule has 2 unspecified atom stereocenters. The molecule has 1 saturated heterocycles. The van der Waals surface area contributed by atoms with E-state index in [2.05, 4.69) is 23.9 Å². The Morgan fingerprint density at radius 1 is 1.33 bits per heavy atom. The van der Waals surface area contributed by atoms with Crippen LogP contribution in [0.3, 0.4) is 0 Å². The minimum atomic E-state index is -3.31. The van der Waals surface area contributed by atoms with Gasteiger partial charge in [0.2, 0.25) is 0 Å². The molecule has 5 nitrogen and oxygen atoms in total. The predicted octanol–water partition coefficient (Wildman–Crippen LogP) is 0.939. The highest BCUT2D eigenvalue weighted by molar-refractivity contribution is 7.87. The van der Waals surface area contributed by atoms with E-state index < -0.39 is 10.2 Å². The molecule has 1 aliphatic heterocycles. The van der Waals surface area contributed by atoms with Gasteiger partial charge in [0.05, 0.1) is 0 Å². The summed E-state index contributed by atoms with van der Waals surface area (Å²) in [7, 11) is -3.31. The smallest absolute Gasteiger partial charge is 0.279 e. The highest BCUT2D eigenvalue weighted by Gasteiger charge is 2.33. The van der Waals surface area contributed by atoms with Gasteiger partial charge in [-0.2, -0.15) is 17.4 Å². The molecule has 1 rings (SSSR count). The third-order valence-electron chi connectivity index (χ3n) is 3.41. The van der Waals surface area contributed by atoms with E-state index in [0.29, 0.717) is 25.0 Å². The van der Waals surface area contributed by atoms with Crippen molar-refractivity contribution in [2.75, 3.05) is 19.6 Å². The van der Waals surface area contributed by atoms with Crippen molar-refractivity contribution in [1.29, 1.82) is 0 Å². The van der Waals surface area contributed by atoms with Crippen molar-refractivity contribution in [2.24, 2.45) is 5.92 Å². The van der Waals surface area contributed by atoms with Crippen molar-refractivity contribution in [1.82, 2.24) is 14.3 Å². The zero-order valence-electron chi connectivity index (χ0n) is 11.9. The number of hydrogen-bond donors (Lipinski definition) is 2. The van der Waals surface area contributed by atoms with Crippen LogP contribution in [0.15, 0.2) is 0 Å². The van der Waals surface area contributed by atoms with E-state index in [1.165, 1.54) is 0 Å². The van der Waals surface area contributed by atoms with Gasteiger partial charge in [-0.15, -0.1) is 0 Å². The largest absolute Gasteiger partial charge is 0.314 e. The summed E-state index contributed by atoms with van der Waals surface area (Å²) in [5, 5.41) is 3.46. The average molecular weight is 277 g/mol. The van der Waals surface area contributed by atoms with Gasteiger partial charge < -0.3 is 5.32 Å². The number of rotatable bonds is 6. The monoisotopic (exact) mass is 277 g/mol. The molecule has 0 aromatic rings. The maximum atomic E-state index is 12.1. The van der Waals surface area contributed by atoms with Crippen LogP contribution in [0.5, 0.6) is 0 Å². The molecule has 6 heteroatoms. The molecule has 0 bridgehead atoms. The van der Waals surface area contributed by atoms with Gasteiger partial charge in [-0.3, -0.25) is 0 Å². The summed E-state index contributed by atoms with van der Waals surface area (Å²) in [6.07, 6.45) is 1.90. The Kier molecular flexibility index (Phi) is 6.04. The molecular weight excluding hydrogens is 250 g/mol. The molecule has 1 heterocycles. The van der Waals surface area contributed by atoms with Crippen molar-refractivity contribution < 1.29 is 8.42 Å². The van der Waals surface area contributed by atoms with Gasteiger partial charge in [0, 0.05) is 25.2 Å². The summed E-state index contributed by atoms with van der Waals surface area (Å²) >= 11 is 0. The molecule has 0 aromatic heterocycles. The third kappa shape index (κ3) is 4.19. The Bertz CT molecular complexity index is 343. The fraction of sp³-hybridized carbons (Fsp3) is 1.00. The lowest BCUT2D eigenvalue weighted by Crippen LogP contribution is -2.54. The molecule has 1 fully saturated rings. The summed E-state index contributed by atoms with van der Waals surface area (Å²) in [6.45, 7) is 10.1. The minimum Gasteiger partial charge on any atom is -0.314 e. The molecule has 0 aromatic carbocycles. The lowest BCUT2D eigenvalue weighted by molar-refractivity contribution is 0.202. The lowest BCUT2D eigenvalue weighted by Gasteiger charge is -2.38. The maximum absolute atomic E-state index is 12.1. The number of hydrogen-bond acceptors (Lipinski definition) is 3. The third-order valence-corrected chi connectivity index (χ3v) is 5.19. The molecule has 2 atom stereocenters. The Hall–Kier alpha value is -0.170. The number of piperidine rings is 1. The van der Waals surface area contributed by atoms with E-state index in [0.717, 1.165) is 19.4 Å². The van der Waals surface area contributed by atoms with Crippen molar-refractivity contribution >= 4 is 10.2 Å². The van der Waals surface area contributed by atoms with Crippen LogP contribution in [-0.4, -0.2) is 44.4 Å². The Morgan fingerprint density at radius 3 is 2.50 bits per heavy atom. The summed E-state index contributed by atoms with van der Waals surface area (Å²) in [5.41, 5.74) is 0. The molecular formula is C12H27N3O2S. The molecule has 0 aliphatic carbocycles.